The lowest BCUT2D eigenvalue weighted by Crippen LogP contribution is -2.32. The summed E-state index contributed by atoms with van der Waals surface area (Å²) in [7, 11) is 0. The number of carbonyl (C=O) groups excluding carboxylic acids is 2. The van der Waals surface area contributed by atoms with Crippen molar-refractivity contribution in [3.8, 4) is 11.3 Å². The van der Waals surface area contributed by atoms with E-state index in [0.717, 1.165) is 11.1 Å². The normalized spacial score (nSPS) is 10.9. The molecule has 2 aromatic carbocycles. The Bertz CT molecular complexity index is 1090. The highest BCUT2D eigenvalue weighted by Crippen LogP contribution is 2.28. The van der Waals surface area contributed by atoms with E-state index in [0.29, 0.717) is 32.8 Å². The van der Waals surface area contributed by atoms with E-state index in [2.05, 4.69) is 15.8 Å². The second kappa shape index (κ2) is 8.94. The fourth-order valence-electron chi connectivity index (χ4n) is 2.49. The molecule has 0 bridgehead atoms. The molecular formula is C21H17Cl2N3O3. The van der Waals surface area contributed by atoms with Gasteiger partial charge in [0.2, 0.25) is 0 Å². The van der Waals surface area contributed by atoms with Crippen molar-refractivity contribution in [1.29, 1.82) is 0 Å². The van der Waals surface area contributed by atoms with Crippen molar-refractivity contribution in [2.45, 2.75) is 13.8 Å². The van der Waals surface area contributed by atoms with E-state index in [1.165, 1.54) is 6.21 Å². The summed E-state index contributed by atoms with van der Waals surface area (Å²) in [6.45, 7) is 3.88. The van der Waals surface area contributed by atoms with Gasteiger partial charge in [-0.1, -0.05) is 29.3 Å². The van der Waals surface area contributed by atoms with Gasteiger partial charge in [-0.2, -0.15) is 5.10 Å². The highest BCUT2D eigenvalue weighted by molar-refractivity contribution is 6.39. The second-order valence-electron chi connectivity index (χ2n) is 6.31. The SMILES string of the molecule is Cc1ccc(NC(=O)C(=O)N/N=C/c2ccc(-c3cc(Cl)cc(Cl)c3)o2)cc1C. The molecular weight excluding hydrogens is 413 g/mol. The number of furan rings is 1. The molecule has 3 rings (SSSR count). The maximum Gasteiger partial charge on any atom is 0.329 e. The first-order valence-electron chi connectivity index (χ1n) is 8.60. The summed E-state index contributed by atoms with van der Waals surface area (Å²) in [5.41, 5.74) is 5.51. The molecule has 29 heavy (non-hydrogen) atoms. The molecule has 0 atom stereocenters. The van der Waals surface area contributed by atoms with Gasteiger partial charge in [-0.15, -0.1) is 0 Å². The number of aryl methyl sites for hydroxylation is 2. The van der Waals surface area contributed by atoms with Crippen LogP contribution in [0.5, 0.6) is 0 Å². The Hall–Kier alpha value is -3.09. The van der Waals surface area contributed by atoms with Crippen molar-refractivity contribution in [1.82, 2.24) is 5.43 Å². The number of carbonyl (C=O) groups is 2. The van der Waals surface area contributed by atoms with Crippen LogP contribution < -0.4 is 10.7 Å². The van der Waals surface area contributed by atoms with Crippen molar-refractivity contribution >= 4 is 46.9 Å². The second-order valence-corrected chi connectivity index (χ2v) is 7.19. The number of hydrazone groups is 1. The van der Waals surface area contributed by atoms with Gasteiger partial charge in [0.15, 0.2) is 0 Å². The predicted octanol–water partition coefficient (Wildman–Crippen LogP) is 4.96. The summed E-state index contributed by atoms with van der Waals surface area (Å²) in [6.07, 6.45) is 1.29. The molecule has 8 heteroatoms. The van der Waals surface area contributed by atoms with Crippen LogP contribution >= 0.6 is 23.2 Å². The molecule has 0 saturated heterocycles. The van der Waals surface area contributed by atoms with E-state index in [1.54, 1.807) is 42.5 Å². The van der Waals surface area contributed by atoms with Crippen LogP contribution in [0.15, 0.2) is 58.0 Å². The van der Waals surface area contributed by atoms with Crippen molar-refractivity contribution in [2.24, 2.45) is 5.10 Å². The zero-order chi connectivity index (χ0) is 21.0. The Balaban J connectivity index is 1.59. The lowest BCUT2D eigenvalue weighted by Gasteiger charge is -2.06. The molecule has 0 aliphatic carbocycles. The Kier molecular flexibility index (Phi) is 6.36. The fraction of sp³-hybridized carbons (Fsp3) is 0.0952. The molecule has 0 radical (unpaired) electrons. The molecule has 3 aromatic rings. The monoisotopic (exact) mass is 429 g/mol. The van der Waals surface area contributed by atoms with E-state index >= 15 is 0 Å². The van der Waals surface area contributed by atoms with E-state index < -0.39 is 11.8 Å². The number of nitrogens with one attached hydrogen (secondary N) is 2. The molecule has 0 spiro atoms. The number of amides is 2. The van der Waals surface area contributed by atoms with Gasteiger partial charge in [0, 0.05) is 21.3 Å². The average Bonchev–Trinajstić information content (AvgIpc) is 3.13. The van der Waals surface area contributed by atoms with Gasteiger partial charge in [-0.05, 0) is 67.4 Å². The van der Waals surface area contributed by atoms with Gasteiger partial charge in [0.05, 0.1) is 6.21 Å². The first kappa shape index (κ1) is 20.6. The van der Waals surface area contributed by atoms with E-state index in [-0.39, 0.29) is 0 Å². The highest BCUT2D eigenvalue weighted by atomic mass is 35.5. The van der Waals surface area contributed by atoms with Crippen molar-refractivity contribution in [2.75, 3.05) is 5.32 Å². The Morgan fingerprint density at radius 3 is 2.34 bits per heavy atom. The molecule has 1 heterocycles. The summed E-state index contributed by atoms with van der Waals surface area (Å²) >= 11 is 12.0. The van der Waals surface area contributed by atoms with Crippen LogP contribution in [0.3, 0.4) is 0 Å². The van der Waals surface area contributed by atoms with Gasteiger partial charge in [-0.3, -0.25) is 9.59 Å². The minimum absolute atomic E-state index is 0.381. The number of halogens is 2. The van der Waals surface area contributed by atoms with Gasteiger partial charge >= 0.3 is 11.8 Å². The zero-order valence-electron chi connectivity index (χ0n) is 15.6. The predicted molar refractivity (Wildman–Crippen MR) is 114 cm³/mol. The van der Waals surface area contributed by atoms with Crippen molar-refractivity contribution in [3.05, 3.63) is 75.5 Å². The fourth-order valence-corrected chi connectivity index (χ4v) is 3.01. The van der Waals surface area contributed by atoms with Gasteiger partial charge in [-0.25, -0.2) is 5.43 Å². The molecule has 0 saturated carbocycles. The number of benzene rings is 2. The number of nitrogens with zero attached hydrogens (tertiary/aromatic N) is 1. The van der Waals surface area contributed by atoms with E-state index in [1.807, 2.05) is 19.9 Å². The average molecular weight is 430 g/mol. The van der Waals surface area contributed by atoms with Crippen molar-refractivity contribution < 1.29 is 14.0 Å². The molecule has 0 aliphatic rings. The topological polar surface area (TPSA) is 83.7 Å². The van der Waals surface area contributed by atoms with Crippen molar-refractivity contribution in [3.63, 3.8) is 0 Å². The maximum atomic E-state index is 12.0. The molecule has 148 valence electrons. The third-order valence-electron chi connectivity index (χ3n) is 4.10. The third-order valence-corrected chi connectivity index (χ3v) is 4.54. The standard InChI is InChI=1S/C21H17Cl2N3O3/c1-12-3-4-17(7-13(12)2)25-20(27)21(28)26-24-11-18-5-6-19(29-18)14-8-15(22)10-16(23)9-14/h3-11H,1-2H3,(H,25,27)(H,26,28)/b24-11+. The third kappa shape index (κ3) is 5.47. The number of hydrogen-bond acceptors (Lipinski definition) is 4. The maximum absolute atomic E-state index is 12.0. The smallest absolute Gasteiger partial charge is 0.329 e. The molecule has 0 fully saturated rings. The number of anilines is 1. The van der Waals surface area contributed by atoms with E-state index in [4.69, 9.17) is 27.6 Å². The molecule has 2 amide bonds. The summed E-state index contributed by atoms with van der Waals surface area (Å²) in [4.78, 5) is 23.9. The van der Waals surface area contributed by atoms with Crippen LogP contribution in [0.25, 0.3) is 11.3 Å². The summed E-state index contributed by atoms with van der Waals surface area (Å²) in [5, 5.41) is 7.24. The van der Waals surface area contributed by atoms with Gasteiger partial charge in [0.1, 0.15) is 11.5 Å². The Labute approximate surface area is 177 Å². The first-order chi connectivity index (χ1) is 13.8. The summed E-state index contributed by atoms with van der Waals surface area (Å²) in [6, 6.07) is 13.8. The van der Waals surface area contributed by atoms with Crippen LogP contribution in [-0.2, 0) is 9.59 Å². The quantitative estimate of drug-likeness (QED) is 0.349. The Morgan fingerprint density at radius 1 is 0.931 bits per heavy atom. The minimum Gasteiger partial charge on any atom is -0.455 e. The van der Waals surface area contributed by atoms with Crippen LogP contribution in [0, 0.1) is 13.8 Å². The van der Waals surface area contributed by atoms with Crippen LogP contribution in [0.1, 0.15) is 16.9 Å². The molecule has 0 unspecified atom stereocenters. The molecule has 0 aliphatic heterocycles. The van der Waals surface area contributed by atoms with Gasteiger partial charge < -0.3 is 9.73 Å². The van der Waals surface area contributed by atoms with Crippen LogP contribution in [0.2, 0.25) is 10.0 Å². The summed E-state index contributed by atoms with van der Waals surface area (Å²) in [5.74, 6) is -0.799. The van der Waals surface area contributed by atoms with Crippen LogP contribution in [0.4, 0.5) is 5.69 Å². The van der Waals surface area contributed by atoms with Gasteiger partial charge in [0.25, 0.3) is 0 Å². The summed E-state index contributed by atoms with van der Waals surface area (Å²) < 4.78 is 5.62. The lowest BCUT2D eigenvalue weighted by atomic mass is 10.1. The molecule has 2 N–H and O–H groups in total. The first-order valence-corrected chi connectivity index (χ1v) is 9.35. The number of rotatable bonds is 4. The minimum atomic E-state index is -0.895. The zero-order valence-corrected chi connectivity index (χ0v) is 17.1. The Morgan fingerprint density at radius 2 is 1.66 bits per heavy atom. The van der Waals surface area contributed by atoms with Crippen LogP contribution in [-0.4, -0.2) is 18.0 Å². The molecule has 1 aromatic heterocycles. The van der Waals surface area contributed by atoms with E-state index in [9.17, 15) is 9.59 Å². The number of hydrogen-bond donors (Lipinski definition) is 2. The molecule has 6 nitrogen and oxygen atoms in total. The highest BCUT2D eigenvalue weighted by Gasteiger charge is 2.13. The lowest BCUT2D eigenvalue weighted by molar-refractivity contribution is -0.136. The largest absolute Gasteiger partial charge is 0.455 e.